The Balaban J connectivity index is 2.75. The van der Waals surface area contributed by atoms with Gasteiger partial charge in [-0.1, -0.05) is 25.9 Å². The van der Waals surface area contributed by atoms with Crippen molar-refractivity contribution in [2.75, 3.05) is 6.17 Å². The molecule has 0 bridgehead atoms. The van der Waals surface area contributed by atoms with Crippen LogP contribution in [0.25, 0.3) is 0 Å². The Kier molecular flexibility index (Phi) is 6.80. The molecule has 0 aromatic rings. The fourth-order valence-electron chi connectivity index (χ4n) is 0.766. The van der Waals surface area contributed by atoms with Crippen LogP contribution in [-0.4, -0.2) is 32.0 Å². The summed E-state index contributed by atoms with van der Waals surface area (Å²) in [5, 5.41) is 3.46. The summed E-state index contributed by atoms with van der Waals surface area (Å²) in [7, 11) is 1.70. The summed E-state index contributed by atoms with van der Waals surface area (Å²) in [6.07, 6.45) is 1.35. The quantitative estimate of drug-likeness (QED) is 0.416. The topological polar surface area (TPSA) is 12.0 Å². The van der Waals surface area contributed by atoms with Gasteiger partial charge in [-0.2, -0.15) is 0 Å². The van der Waals surface area contributed by atoms with Crippen molar-refractivity contribution < 1.29 is 0 Å². The minimum absolute atomic E-state index is 0.292. The van der Waals surface area contributed by atoms with Gasteiger partial charge in [0.25, 0.3) is 0 Å². The van der Waals surface area contributed by atoms with Crippen molar-refractivity contribution in [2.45, 2.75) is 32.0 Å². The molecule has 0 radical (unpaired) electrons. The average molecular weight is 161 g/mol. The fraction of sp³-hybridized carbons (Fsp3) is 1.00. The maximum Gasteiger partial charge on any atom is 0.0362 e. The molecular formula is C6H19NSi2. The van der Waals surface area contributed by atoms with Gasteiger partial charge in [0.1, 0.15) is 0 Å². The van der Waals surface area contributed by atoms with Gasteiger partial charge < -0.3 is 5.32 Å². The predicted octanol–water partition coefficient (Wildman–Crippen LogP) is -0.687. The second-order valence-corrected chi connectivity index (χ2v) is 5.73. The van der Waals surface area contributed by atoms with Crippen molar-refractivity contribution >= 4 is 19.8 Å². The molecule has 1 nitrogen and oxygen atoms in total. The van der Waals surface area contributed by atoms with E-state index in [9.17, 15) is 0 Å². The first-order valence-electron chi connectivity index (χ1n) is 4.00. The third-order valence-electron chi connectivity index (χ3n) is 1.33. The third-order valence-corrected chi connectivity index (χ3v) is 5.30. The predicted molar refractivity (Wildman–Crippen MR) is 51.2 cm³/mol. The lowest BCUT2D eigenvalue weighted by Gasteiger charge is -2.05. The zero-order valence-electron chi connectivity index (χ0n) is 6.91. The Morgan fingerprint density at radius 1 is 1.56 bits per heavy atom. The zero-order valence-corrected chi connectivity index (χ0v) is 10.3. The lowest BCUT2D eigenvalue weighted by Crippen LogP contribution is -2.27. The van der Waals surface area contributed by atoms with Crippen LogP contribution in [0.2, 0.25) is 12.1 Å². The smallest absolute Gasteiger partial charge is 0.0362 e. The van der Waals surface area contributed by atoms with Crippen molar-refractivity contribution in [1.82, 2.24) is 5.32 Å². The molecule has 0 spiro atoms. The van der Waals surface area contributed by atoms with Crippen LogP contribution in [0.1, 0.15) is 13.8 Å². The molecule has 0 unspecified atom stereocenters. The zero-order chi connectivity index (χ0) is 7.11. The molecular weight excluding hydrogens is 142 g/mol. The highest BCUT2D eigenvalue weighted by Crippen LogP contribution is 1.82. The van der Waals surface area contributed by atoms with Crippen LogP contribution in [0.3, 0.4) is 0 Å². The summed E-state index contributed by atoms with van der Waals surface area (Å²) in [6, 6.07) is 3.78. The highest BCUT2D eigenvalue weighted by molar-refractivity contribution is 6.37. The van der Waals surface area contributed by atoms with Crippen molar-refractivity contribution in [3.05, 3.63) is 0 Å². The number of rotatable bonds is 5. The molecule has 0 aromatic carbocycles. The van der Waals surface area contributed by atoms with Gasteiger partial charge in [0.15, 0.2) is 0 Å². The van der Waals surface area contributed by atoms with Gasteiger partial charge in [0, 0.05) is 25.8 Å². The summed E-state index contributed by atoms with van der Waals surface area (Å²) in [6.45, 7) is 4.43. The summed E-state index contributed by atoms with van der Waals surface area (Å²) in [4.78, 5) is 0. The van der Waals surface area contributed by atoms with Gasteiger partial charge in [0.2, 0.25) is 0 Å². The van der Waals surface area contributed by atoms with E-state index in [2.05, 4.69) is 19.2 Å². The van der Waals surface area contributed by atoms with E-state index in [1.807, 2.05) is 0 Å². The van der Waals surface area contributed by atoms with E-state index in [0.29, 0.717) is 15.6 Å². The molecule has 0 aliphatic carbocycles. The molecule has 0 atom stereocenters. The van der Waals surface area contributed by atoms with Gasteiger partial charge in [-0.25, -0.2) is 0 Å². The molecule has 0 saturated carbocycles. The molecule has 0 aromatic heterocycles. The van der Waals surface area contributed by atoms with Gasteiger partial charge in [-0.15, -0.1) is 0 Å². The molecule has 3 heteroatoms. The van der Waals surface area contributed by atoms with Gasteiger partial charge in [-0.05, 0) is 6.17 Å². The first-order valence-corrected chi connectivity index (χ1v) is 7.42. The van der Waals surface area contributed by atoms with Crippen LogP contribution in [0.5, 0.6) is 0 Å². The van der Waals surface area contributed by atoms with Crippen molar-refractivity contribution in [1.29, 1.82) is 0 Å². The Morgan fingerprint density at radius 2 is 2.22 bits per heavy atom. The third kappa shape index (κ3) is 8.39. The van der Waals surface area contributed by atoms with E-state index in [-0.39, 0.29) is 0 Å². The summed E-state index contributed by atoms with van der Waals surface area (Å²) in [5.41, 5.74) is 0. The van der Waals surface area contributed by atoms with Crippen molar-refractivity contribution in [3.63, 3.8) is 0 Å². The molecule has 0 heterocycles. The van der Waals surface area contributed by atoms with E-state index in [1.165, 1.54) is 22.5 Å². The molecule has 0 aliphatic heterocycles. The largest absolute Gasteiger partial charge is 0.318 e. The maximum atomic E-state index is 3.46. The van der Waals surface area contributed by atoms with E-state index in [0.717, 1.165) is 0 Å². The summed E-state index contributed by atoms with van der Waals surface area (Å²) < 4.78 is 0. The van der Waals surface area contributed by atoms with Crippen molar-refractivity contribution in [3.8, 4) is 0 Å². The normalized spacial score (nSPS) is 12.3. The van der Waals surface area contributed by atoms with Crippen LogP contribution in [0.15, 0.2) is 0 Å². The Labute approximate surface area is 63.9 Å². The van der Waals surface area contributed by atoms with Gasteiger partial charge >= 0.3 is 0 Å². The molecule has 0 rings (SSSR count). The summed E-state index contributed by atoms with van der Waals surface area (Å²) >= 11 is 0. The van der Waals surface area contributed by atoms with Crippen LogP contribution in [0, 0.1) is 0 Å². The van der Waals surface area contributed by atoms with E-state index >= 15 is 0 Å². The molecule has 0 amide bonds. The standard InChI is InChI=1S/C6H19NSi2/c1-6(2)7-5-9-4-3-8/h6-7H,3-5,9H2,1-2,8H3. The van der Waals surface area contributed by atoms with E-state index in [1.54, 1.807) is 6.04 Å². The second-order valence-electron chi connectivity index (χ2n) is 2.82. The van der Waals surface area contributed by atoms with Crippen LogP contribution in [0.4, 0.5) is 0 Å². The number of hydrogen-bond donors (Lipinski definition) is 1. The second kappa shape index (κ2) is 6.51. The molecule has 56 valence electrons. The lowest BCUT2D eigenvalue weighted by atomic mass is 10.4. The molecule has 1 N–H and O–H groups in total. The SMILES string of the molecule is CC(C)NC[SiH2]CC[SiH3]. The van der Waals surface area contributed by atoms with Crippen LogP contribution >= 0.6 is 0 Å². The monoisotopic (exact) mass is 161 g/mol. The highest BCUT2D eigenvalue weighted by atomic mass is 28.2. The Bertz CT molecular complexity index is 57.0. The van der Waals surface area contributed by atoms with E-state index < -0.39 is 0 Å². The first kappa shape index (κ1) is 9.39. The minimum Gasteiger partial charge on any atom is -0.318 e. The van der Waals surface area contributed by atoms with Crippen LogP contribution in [-0.2, 0) is 0 Å². The Hall–Kier alpha value is 0.394. The highest BCUT2D eigenvalue weighted by Gasteiger charge is 1.89. The molecule has 0 aliphatic rings. The molecule has 0 saturated heterocycles. The number of hydrogen-bond acceptors (Lipinski definition) is 1. The van der Waals surface area contributed by atoms with E-state index in [4.69, 9.17) is 0 Å². The summed E-state index contributed by atoms with van der Waals surface area (Å²) in [5.74, 6) is 0. The number of nitrogens with one attached hydrogen (secondary N) is 1. The first-order chi connectivity index (χ1) is 4.27. The molecule has 9 heavy (non-hydrogen) atoms. The average Bonchev–Trinajstić information content (AvgIpc) is 1.80. The minimum atomic E-state index is 0.292. The Morgan fingerprint density at radius 3 is 2.67 bits per heavy atom. The fourth-order valence-corrected chi connectivity index (χ4v) is 3.80. The molecule has 0 fully saturated rings. The van der Waals surface area contributed by atoms with Gasteiger partial charge in [0.05, 0.1) is 0 Å². The van der Waals surface area contributed by atoms with Crippen LogP contribution < -0.4 is 5.32 Å². The lowest BCUT2D eigenvalue weighted by molar-refractivity contribution is 0.648. The maximum absolute atomic E-state index is 3.46. The van der Waals surface area contributed by atoms with Gasteiger partial charge in [-0.3, -0.25) is 0 Å². The van der Waals surface area contributed by atoms with Crippen molar-refractivity contribution in [2.24, 2.45) is 0 Å².